The lowest BCUT2D eigenvalue weighted by Gasteiger charge is -2.32. The fourth-order valence-corrected chi connectivity index (χ4v) is 3.25. The van der Waals surface area contributed by atoms with E-state index < -0.39 is 6.04 Å². The number of rotatable bonds is 3. The summed E-state index contributed by atoms with van der Waals surface area (Å²) >= 11 is 0. The molecule has 2 aliphatic rings. The second kappa shape index (κ2) is 6.52. The number of nitrogens with zero attached hydrogens (tertiary/aromatic N) is 3. The molecule has 2 amide bonds. The van der Waals surface area contributed by atoms with Gasteiger partial charge in [0, 0.05) is 12.6 Å². The van der Waals surface area contributed by atoms with Crippen LogP contribution >= 0.6 is 0 Å². The molecular weight excluding hydrogens is 364 g/mol. The number of amides is 2. The summed E-state index contributed by atoms with van der Waals surface area (Å²) in [6.07, 6.45) is 0. The van der Waals surface area contributed by atoms with Crippen LogP contribution in [0.4, 0.5) is 17.3 Å². The predicted octanol–water partition coefficient (Wildman–Crippen LogP) is 1.02. The Balaban J connectivity index is 1.69. The van der Waals surface area contributed by atoms with Gasteiger partial charge in [-0.05, 0) is 37.3 Å². The topological polar surface area (TPSA) is 115 Å². The summed E-state index contributed by atoms with van der Waals surface area (Å²) in [4.78, 5) is 44.4. The van der Waals surface area contributed by atoms with Crippen LogP contribution in [-0.4, -0.2) is 48.9 Å². The first-order valence-electron chi connectivity index (χ1n) is 8.66. The highest BCUT2D eigenvalue weighted by Gasteiger charge is 2.35. The molecule has 0 aliphatic carbocycles. The third-order valence-electron chi connectivity index (χ3n) is 4.81. The molecule has 9 heteroatoms. The molecule has 1 aromatic carbocycles. The van der Waals surface area contributed by atoms with Crippen molar-refractivity contribution in [1.29, 1.82) is 0 Å². The van der Waals surface area contributed by atoms with Crippen LogP contribution < -0.4 is 25.0 Å². The summed E-state index contributed by atoms with van der Waals surface area (Å²) in [6, 6.07) is 7.18. The maximum absolute atomic E-state index is 13.1. The first-order valence-corrected chi connectivity index (χ1v) is 8.66. The molecule has 1 unspecified atom stereocenters. The number of nitrogen functional groups attached to an aromatic ring is 1. The summed E-state index contributed by atoms with van der Waals surface area (Å²) in [6.45, 7) is 1.38. The van der Waals surface area contributed by atoms with E-state index in [4.69, 9.17) is 15.2 Å². The Bertz CT molecular complexity index is 1010. The summed E-state index contributed by atoms with van der Waals surface area (Å²) in [7, 11) is 1.62. The van der Waals surface area contributed by atoms with Crippen LogP contribution in [0.5, 0.6) is 11.5 Å². The number of likely N-dealkylation sites (N-methyl/N-ethyl adjacent to an activating group) is 1. The molecule has 28 heavy (non-hydrogen) atoms. The van der Waals surface area contributed by atoms with Gasteiger partial charge in [0.2, 0.25) is 0 Å². The average molecular weight is 382 g/mol. The molecule has 144 valence electrons. The van der Waals surface area contributed by atoms with E-state index in [2.05, 4.69) is 4.98 Å². The number of carbonyl (C=O) groups is 3. The van der Waals surface area contributed by atoms with Crippen molar-refractivity contribution in [3.05, 3.63) is 35.9 Å². The lowest BCUT2D eigenvalue weighted by Crippen LogP contribution is -2.48. The van der Waals surface area contributed by atoms with E-state index in [1.54, 1.807) is 44.3 Å². The number of nitrogens with two attached hydrogens (primary N) is 1. The highest BCUT2D eigenvalue weighted by Crippen LogP contribution is 2.35. The lowest BCUT2D eigenvalue weighted by atomic mass is 10.0. The number of carbonyl (C=O) groups excluding carboxylic acids is 3. The van der Waals surface area contributed by atoms with Gasteiger partial charge < -0.3 is 20.1 Å². The van der Waals surface area contributed by atoms with Gasteiger partial charge >= 0.3 is 0 Å². The number of ketones is 1. The van der Waals surface area contributed by atoms with Crippen molar-refractivity contribution in [1.82, 2.24) is 4.98 Å². The normalized spacial score (nSPS) is 16.6. The van der Waals surface area contributed by atoms with Crippen LogP contribution in [0.25, 0.3) is 0 Å². The molecule has 0 fully saturated rings. The number of aromatic nitrogens is 1. The van der Waals surface area contributed by atoms with E-state index >= 15 is 0 Å². The number of ether oxygens (including phenoxy) is 2. The minimum Gasteiger partial charge on any atom is -0.482 e. The zero-order valence-corrected chi connectivity index (χ0v) is 15.3. The molecule has 0 radical (unpaired) electrons. The molecular formula is C19H18N4O5. The van der Waals surface area contributed by atoms with Crippen molar-refractivity contribution < 1.29 is 23.9 Å². The summed E-state index contributed by atoms with van der Waals surface area (Å²) < 4.78 is 10.8. The average Bonchev–Trinajstić information content (AvgIpc) is 2.69. The Hall–Kier alpha value is -3.62. The molecule has 0 saturated heterocycles. The van der Waals surface area contributed by atoms with Crippen LogP contribution in [0.15, 0.2) is 30.3 Å². The number of Topliss-reactive ketones (excluding diaryl/α,β-unsaturated/α-hetero) is 1. The van der Waals surface area contributed by atoms with Gasteiger partial charge in [0.25, 0.3) is 11.8 Å². The number of pyridine rings is 1. The zero-order valence-electron chi connectivity index (χ0n) is 15.3. The molecule has 4 rings (SSSR count). The molecule has 1 aromatic heterocycles. The number of fused-ring (bicyclic) bond motifs is 2. The van der Waals surface area contributed by atoms with Crippen LogP contribution in [0.1, 0.15) is 17.3 Å². The molecule has 0 saturated carbocycles. The first-order chi connectivity index (χ1) is 13.4. The maximum atomic E-state index is 13.1. The summed E-state index contributed by atoms with van der Waals surface area (Å²) in [5, 5.41) is 0. The number of hydrogen-bond donors (Lipinski definition) is 1. The smallest absolute Gasteiger partial charge is 0.266 e. The standard InChI is InChI=1S/C19H18N4O5/c1-10(23-17(25)9-28-14-5-6-15(20)21-19(14)23)18(26)11-3-4-13-12(7-11)22(2)16(24)8-27-13/h3-7,10H,8-9H2,1-2H3,(H2,20,21). The Morgan fingerprint density at radius 2 is 1.79 bits per heavy atom. The second-order valence-corrected chi connectivity index (χ2v) is 6.57. The van der Waals surface area contributed by atoms with Gasteiger partial charge in [-0.1, -0.05) is 0 Å². The molecule has 2 aromatic rings. The number of anilines is 3. The van der Waals surface area contributed by atoms with E-state index in [1.807, 2.05) is 0 Å². The predicted molar refractivity (Wildman–Crippen MR) is 101 cm³/mol. The van der Waals surface area contributed by atoms with E-state index in [9.17, 15) is 14.4 Å². The van der Waals surface area contributed by atoms with Crippen molar-refractivity contribution >= 4 is 34.9 Å². The fourth-order valence-electron chi connectivity index (χ4n) is 3.25. The van der Waals surface area contributed by atoms with Gasteiger partial charge in [0.15, 0.2) is 30.6 Å². The second-order valence-electron chi connectivity index (χ2n) is 6.57. The number of hydrogen-bond acceptors (Lipinski definition) is 7. The van der Waals surface area contributed by atoms with Crippen molar-refractivity contribution in [2.75, 3.05) is 35.8 Å². The maximum Gasteiger partial charge on any atom is 0.266 e. The Kier molecular flexibility index (Phi) is 4.14. The van der Waals surface area contributed by atoms with E-state index in [-0.39, 0.29) is 42.4 Å². The van der Waals surface area contributed by atoms with Crippen LogP contribution in [0.2, 0.25) is 0 Å². The lowest BCUT2D eigenvalue weighted by molar-refractivity contribution is -0.122. The van der Waals surface area contributed by atoms with Crippen LogP contribution in [-0.2, 0) is 9.59 Å². The molecule has 2 N–H and O–H groups in total. The van der Waals surface area contributed by atoms with Crippen molar-refractivity contribution in [3.8, 4) is 11.5 Å². The minimum atomic E-state index is -0.840. The molecule has 2 aliphatic heterocycles. The van der Waals surface area contributed by atoms with Crippen LogP contribution in [0, 0.1) is 0 Å². The quantitative estimate of drug-likeness (QED) is 0.788. The molecule has 9 nitrogen and oxygen atoms in total. The Morgan fingerprint density at radius 3 is 2.57 bits per heavy atom. The SMILES string of the molecule is CC(C(=O)c1ccc2c(c1)N(C)C(=O)CO2)N1C(=O)COc2ccc(N)nc21. The third kappa shape index (κ3) is 2.81. The molecule has 1 atom stereocenters. The highest BCUT2D eigenvalue weighted by atomic mass is 16.5. The molecule has 3 heterocycles. The van der Waals surface area contributed by atoms with E-state index in [0.29, 0.717) is 22.7 Å². The van der Waals surface area contributed by atoms with E-state index in [0.717, 1.165) is 0 Å². The van der Waals surface area contributed by atoms with Gasteiger partial charge in [0.05, 0.1) is 11.7 Å². The van der Waals surface area contributed by atoms with Crippen molar-refractivity contribution in [2.45, 2.75) is 13.0 Å². The van der Waals surface area contributed by atoms with Gasteiger partial charge in [-0.25, -0.2) is 4.98 Å². The summed E-state index contributed by atoms with van der Waals surface area (Å²) in [5.41, 5.74) is 6.59. The van der Waals surface area contributed by atoms with E-state index in [1.165, 1.54) is 9.80 Å². The highest BCUT2D eigenvalue weighted by molar-refractivity contribution is 6.10. The minimum absolute atomic E-state index is 0.0423. The van der Waals surface area contributed by atoms with Crippen LogP contribution in [0.3, 0.4) is 0 Å². The largest absolute Gasteiger partial charge is 0.482 e. The van der Waals surface area contributed by atoms with Gasteiger partial charge in [-0.2, -0.15) is 0 Å². The van der Waals surface area contributed by atoms with Crippen molar-refractivity contribution in [3.63, 3.8) is 0 Å². The molecule has 0 bridgehead atoms. The van der Waals surface area contributed by atoms with Crippen molar-refractivity contribution in [2.24, 2.45) is 0 Å². The van der Waals surface area contributed by atoms with Gasteiger partial charge in [-0.15, -0.1) is 0 Å². The molecule has 0 spiro atoms. The Morgan fingerprint density at radius 1 is 1.11 bits per heavy atom. The summed E-state index contributed by atoms with van der Waals surface area (Å²) in [5.74, 6) is 0.436. The fraction of sp³-hybridized carbons (Fsp3) is 0.263. The Labute approximate surface area is 160 Å². The zero-order chi connectivity index (χ0) is 20.0. The van der Waals surface area contributed by atoms with Gasteiger partial charge in [0.1, 0.15) is 11.6 Å². The monoisotopic (exact) mass is 382 g/mol. The number of benzene rings is 1. The third-order valence-corrected chi connectivity index (χ3v) is 4.81. The first kappa shape index (κ1) is 17.8. The van der Waals surface area contributed by atoms with Gasteiger partial charge in [-0.3, -0.25) is 19.3 Å².